The predicted molar refractivity (Wildman–Crippen MR) is 96.9 cm³/mol. The van der Waals surface area contributed by atoms with Gasteiger partial charge in [0.05, 0.1) is 12.8 Å². The van der Waals surface area contributed by atoms with Crippen molar-refractivity contribution in [3.63, 3.8) is 0 Å². The highest BCUT2D eigenvalue weighted by Crippen LogP contribution is 2.15. The van der Waals surface area contributed by atoms with Crippen molar-refractivity contribution in [2.24, 2.45) is 0 Å². The maximum atomic E-state index is 12.5. The molecule has 0 aliphatic rings. The fourth-order valence-corrected chi connectivity index (χ4v) is 2.59. The van der Waals surface area contributed by atoms with E-state index in [1.54, 1.807) is 42.4 Å². The van der Waals surface area contributed by atoms with Gasteiger partial charge in [-0.1, -0.05) is 30.7 Å². The van der Waals surface area contributed by atoms with Crippen LogP contribution >= 0.6 is 11.6 Å². The molecule has 25 heavy (non-hydrogen) atoms. The van der Waals surface area contributed by atoms with E-state index in [2.05, 4.69) is 5.32 Å². The fourth-order valence-electron chi connectivity index (χ4n) is 2.46. The Balaban J connectivity index is 2.05. The molecular formula is C19H23ClN2O3. The molecule has 1 N–H and O–H groups in total. The number of amides is 2. The van der Waals surface area contributed by atoms with Gasteiger partial charge >= 0.3 is 0 Å². The second-order valence-corrected chi connectivity index (χ2v) is 6.31. The van der Waals surface area contributed by atoms with Gasteiger partial charge in [-0.15, -0.1) is 0 Å². The Bertz CT molecular complexity index is 683. The summed E-state index contributed by atoms with van der Waals surface area (Å²) in [5.41, 5.74) is 0.930. The van der Waals surface area contributed by atoms with E-state index < -0.39 is 6.04 Å². The maximum Gasteiger partial charge on any atom is 0.242 e. The average molecular weight is 363 g/mol. The molecule has 2 aromatic rings. The van der Waals surface area contributed by atoms with Gasteiger partial charge in [0.25, 0.3) is 0 Å². The number of rotatable bonds is 8. The summed E-state index contributed by atoms with van der Waals surface area (Å²) in [6, 6.07) is 10.3. The Morgan fingerprint density at radius 2 is 1.96 bits per heavy atom. The second kappa shape index (κ2) is 9.28. The van der Waals surface area contributed by atoms with Gasteiger partial charge in [-0.25, -0.2) is 0 Å². The standard InChI is InChI=1S/C19H23ClN2O3/c1-3-5-18(23)22(13-15-7-9-16(20)10-8-15)14(2)19(24)21-12-17-6-4-11-25-17/h4,6-11,14H,3,5,12-13H2,1-2H3,(H,21,24). The summed E-state index contributed by atoms with van der Waals surface area (Å²) in [6.45, 7) is 4.35. The van der Waals surface area contributed by atoms with E-state index in [0.717, 1.165) is 12.0 Å². The predicted octanol–water partition coefficient (Wildman–Crippen LogP) is 3.77. The highest BCUT2D eigenvalue weighted by atomic mass is 35.5. The van der Waals surface area contributed by atoms with Crippen molar-refractivity contribution < 1.29 is 14.0 Å². The number of benzene rings is 1. The molecule has 0 aliphatic heterocycles. The van der Waals surface area contributed by atoms with Crippen LogP contribution in [0.15, 0.2) is 47.1 Å². The van der Waals surface area contributed by atoms with Gasteiger partial charge in [-0.3, -0.25) is 9.59 Å². The van der Waals surface area contributed by atoms with Gasteiger partial charge in [0, 0.05) is 18.0 Å². The SMILES string of the molecule is CCCC(=O)N(Cc1ccc(Cl)cc1)C(C)C(=O)NCc1ccco1. The minimum Gasteiger partial charge on any atom is -0.467 e. The van der Waals surface area contributed by atoms with Crippen molar-refractivity contribution in [1.82, 2.24) is 10.2 Å². The van der Waals surface area contributed by atoms with Crippen molar-refractivity contribution in [2.45, 2.75) is 45.8 Å². The molecule has 0 fully saturated rings. The van der Waals surface area contributed by atoms with E-state index in [4.69, 9.17) is 16.0 Å². The molecule has 1 aromatic carbocycles. The lowest BCUT2D eigenvalue weighted by atomic mass is 10.1. The van der Waals surface area contributed by atoms with Crippen molar-refractivity contribution >= 4 is 23.4 Å². The molecule has 1 aromatic heterocycles. The van der Waals surface area contributed by atoms with Crippen LogP contribution in [0.1, 0.15) is 38.0 Å². The molecule has 6 heteroatoms. The highest BCUT2D eigenvalue weighted by Gasteiger charge is 2.25. The first-order chi connectivity index (χ1) is 12.0. The van der Waals surface area contributed by atoms with Crippen LogP contribution in [0.5, 0.6) is 0 Å². The molecule has 0 bridgehead atoms. The maximum absolute atomic E-state index is 12.5. The van der Waals surface area contributed by atoms with Crippen LogP contribution in [0.2, 0.25) is 5.02 Å². The number of nitrogens with one attached hydrogen (secondary N) is 1. The Hall–Kier alpha value is -2.27. The molecule has 1 heterocycles. The van der Waals surface area contributed by atoms with Crippen LogP contribution in [0, 0.1) is 0 Å². The molecule has 0 saturated carbocycles. The zero-order chi connectivity index (χ0) is 18.2. The van der Waals surface area contributed by atoms with Gasteiger partial charge in [0.2, 0.25) is 11.8 Å². The molecule has 134 valence electrons. The van der Waals surface area contributed by atoms with Crippen LogP contribution in [0.25, 0.3) is 0 Å². The molecule has 0 radical (unpaired) electrons. The second-order valence-electron chi connectivity index (χ2n) is 5.87. The van der Waals surface area contributed by atoms with Gasteiger partial charge in [0.1, 0.15) is 11.8 Å². The summed E-state index contributed by atoms with van der Waals surface area (Å²) in [5, 5.41) is 3.45. The Morgan fingerprint density at radius 1 is 1.24 bits per heavy atom. The Kier molecular flexibility index (Phi) is 7.07. The van der Waals surface area contributed by atoms with Gasteiger partial charge < -0.3 is 14.6 Å². The first kappa shape index (κ1) is 19.1. The van der Waals surface area contributed by atoms with Crippen LogP contribution in [-0.2, 0) is 22.7 Å². The number of carbonyl (C=O) groups is 2. The summed E-state index contributed by atoms with van der Waals surface area (Å²) in [7, 11) is 0. The number of furan rings is 1. The van der Waals surface area contributed by atoms with Crippen LogP contribution < -0.4 is 5.32 Å². The lowest BCUT2D eigenvalue weighted by Crippen LogP contribution is -2.47. The molecule has 0 spiro atoms. The molecule has 0 aliphatic carbocycles. The third kappa shape index (κ3) is 5.64. The largest absolute Gasteiger partial charge is 0.467 e. The van der Waals surface area contributed by atoms with Crippen LogP contribution in [-0.4, -0.2) is 22.8 Å². The zero-order valence-corrected chi connectivity index (χ0v) is 15.3. The minimum atomic E-state index is -0.579. The lowest BCUT2D eigenvalue weighted by molar-refractivity contribution is -0.140. The Labute approximate surface area is 153 Å². The first-order valence-electron chi connectivity index (χ1n) is 8.35. The topological polar surface area (TPSA) is 62.6 Å². The van der Waals surface area contributed by atoms with E-state index in [1.807, 2.05) is 19.1 Å². The number of halogens is 1. The Morgan fingerprint density at radius 3 is 2.56 bits per heavy atom. The molecule has 2 amide bonds. The molecule has 1 atom stereocenters. The van der Waals surface area contributed by atoms with Crippen LogP contribution in [0.4, 0.5) is 0 Å². The normalized spacial score (nSPS) is 11.8. The van der Waals surface area contributed by atoms with Gasteiger partial charge in [-0.2, -0.15) is 0 Å². The zero-order valence-electron chi connectivity index (χ0n) is 14.5. The monoisotopic (exact) mass is 362 g/mol. The average Bonchev–Trinajstić information content (AvgIpc) is 3.12. The highest BCUT2D eigenvalue weighted by molar-refractivity contribution is 6.30. The summed E-state index contributed by atoms with van der Waals surface area (Å²) in [5.74, 6) is 0.414. The third-order valence-corrected chi connectivity index (χ3v) is 4.17. The third-order valence-electron chi connectivity index (χ3n) is 3.91. The minimum absolute atomic E-state index is 0.0434. The first-order valence-corrected chi connectivity index (χ1v) is 8.73. The number of carbonyl (C=O) groups excluding carboxylic acids is 2. The smallest absolute Gasteiger partial charge is 0.242 e. The van der Waals surface area contributed by atoms with E-state index in [-0.39, 0.29) is 11.8 Å². The van der Waals surface area contributed by atoms with Crippen molar-refractivity contribution in [2.75, 3.05) is 0 Å². The van der Waals surface area contributed by atoms with Crippen molar-refractivity contribution in [3.8, 4) is 0 Å². The van der Waals surface area contributed by atoms with E-state index in [1.165, 1.54) is 0 Å². The van der Waals surface area contributed by atoms with Crippen molar-refractivity contribution in [1.29, 1.82) is 0 Å². The van der Waals surface area contributed by atoms with E-state index >= 15 is 0 Å². The van der Waals surface area contributed by atoms with Crippen LogP contribution in [0.3, 0.4) is 0 Å². The number of hydrogen-bond donors (Lipinski definition) is 1. The number of hydrogen-bond acceptors (Lipinski definition) is 3. The fraction of sp³-hybridized carbons (Fsp3) is 0.368. The van der Waals surface area contributed by atoms with Gasteiger partial charge in [-0.05, 0) is 43.2 Å². The quantitative estimate of drug-likeness (QED) is 0.777. The molecule has 2 rings (SSSR count). The van der Waals surface area contributed by atoms with Crippen molar-refractivity contribution in [3.05, 3.63) is 59.0 Å². The molecule has 1 unspecified atom stereocenters. The summed E-state index contributed by atoms with van der Waals surface area (Å²) in [6.07, 6.45) is 2.70. The molecule has 0 saturated heterocycles. The summed E-state index contributed by atoms with van der Waals surface area (Å²) in [4.78, 5) is 26.6. The van der Waals surface area contributed by atoms with E-state index in [0.29, 0.717) is 30.3 Å². The number of nitrogens with zero attached hydrogens (tertiary/aromatic N) is 1. The molecular weight excluding hydrogens is 340 g/mol. The summed E-state index contributed by atoms with van der Waals surface area (Å²) >= 11 is 5.91. The van der Waals surface area contributed by atoms with Gasteiger partial charge in [0.15, 0.2) is 0 Å². The van der Waals surface area contributed by atoms with E-state index in [9.17, 15) is 9.59 Å². The lowest BCUT2D eigenvalue weighted by Gasteiger charge is -2.28. The summed E-state index contributed by atoms with van der Waals surface area (Å²) < 4.78 is 5.21. The molecule has 5 nitrogen and oxygen atoms in total.